The van der Waals surface area contributed by atoms with E-state index in [0.717, 1.165) is 29.7 Å². The molecule has 2 aromatic heterocycles. The summed E-state index contributed by atoms with van der Waals surface area (Å²) in [5, 5.41) is 13.1. The summed E-state index contributed by atoms with van der Waals surface area (Å²) < 4.78 is 40.1. The lowest BCUT2D eigenvalue weighted by Gasteiger charge is -2.38. The predicted molar refractivity (Wildman–Crippen MR) is 146 cm³/mol. The number of aryl methyl sites for hydroxylation is 3. The highest BCUT2D eigenvalue weighted by molar-refractivity contribution is 6.01. The maximum atomic E-state index is 15.3. The first-order valence-corrected chi connectivity index (χ1v) is 13.5. The van der Waals surface area contributed by atoms with E-state index in [-0.39, 0.29) is 18.0 Å². The maximum Gasteiger partial charge on any atom is 0.276 e. The Balaban J connectivity index is 1.36. The first-order chi connectivity index (χ1) is 19.7. The lowest BCUT2D eigenvalue weighted by Crippen LogP contribution is -2.52. The van der Waals surface area contributed by atoms with Crippen molar-refractivity contribution in [2.24, 2.45) is 5.41 Å². The number of aromatic nitrogens is 3. The van der Waals surface area contributed by atoms with Crippen molar-refractivity contribution in [2.75, 3.05) is 11.9 Å². The van der Waals surface area contributed by atoms with E-state index in [0.29, 0.717) is 29.0 Å². The number of hydrogen-bond acceptors (Lipinski definition) is 6. The zero-order chi connectivity index (χ0) is 28.9. The number of nitrogens with one attached hydrogen (secondary N) is 3. The fourth-order valence-corrected chi connectivity index (χ4v) is 5.89. The fourth-order valence-electron chi connectivity index (χ4n) is 5.89. The van der Waals surface area contributed by atoms with Crippen molar-refractivity contribution in [3.8, 4) is 16.9 Å². The van der Waals surface area contributed by atoms with Crippen LogP contribution < -0.4 is 15.4 Å². The van der Waals surface area contributed by atoms with Gasteiger partial charge in [-0.25, -0.2) is 13.4 Å². The number of carbonyl (C=O) groups excluding carboxylic acids is 2. The molecule has 1 fully saturated rings. The van der Waals surface area contributed by atoms with Gasteiger partial charge in [-0.1, -0.05) is 18.1 Å². The van der Waals surface area contributed by atoms with Gasteiger partial charge in [0.1, 0.15) is 29.1 Å². The minimum atomic E-state index is -1.11. The van der Waals surface area contributed by atoms with Crippen molar-refractivity contribution >= 4 is 17.5 Å². The Morgan fingerprint density at radius 1 is 1.15 bits per heavy atom. The van der Waals surface area contributed by atoms with Crippen LogP contribution in [-0.2, 0) is 11.2 Å². The number of aromatic amines is 1. The number of anilines is 1. The molecule has 1 aliphatic heterocycles. The number of nitrogens with zero attached hydrogens (tertiary/aromatic N) is 2. The summed E-state index contributed by atoms with van der Waals surface area (Å²) in [5.74, 6) is -2.36. The van der Waals surface area contributed by atoms with Gasteiger partial charge in [-0.05, 0) is 68.1 Å². The number of rotatable bonds is 7. The van der Waals surface area contributed by atoms with Crippen LogP contribution in [0.25, 0.3) is 11.1 Å². The smallest absolute Gasteiger partial charge is 0.276 e. The molecule has 41 heavy (non-hydrogen) atoms. The topological polar surface area (TPSA) is 122 Å². The van der Waals surface area contributed by atoms with Crippen LogP contribution in [0.2, 0.25) is 0 Å². The number of hydrogen-bond donors (Lipinski definition) is 3. The normalized spacial score (nSPS) is 17.4. The molecule has 11 heteroatoms. The van der Waals surface area contributed by atoms with Gasteiger partial charge in [0.15, 0.2) is 5.69 Å². The molecule has 4 aromatic rings. The number of halogens is 2. The lowest BCUT2D eigenvalue weighted by molar-refractivity contribution is -0.119. The molecule has 212 valence electrons. The summed E-state index contributed by atoms with van der Waals surface area (Å²) in [6.45, 7) is 5.83. The largest absolute Gasteiger partial charge is 0.493 e. The molecule has 1 spiro atoms. The van der Waals surface area contributed by atoms with Crippen LogP contribution in [-0.4, -0.2) is 39.8 Å². The van der Waals surface area contributed by atoms with E-state index in [9.17, 15) is 14.0 Å². The van der Waals surface area contributed by atoms with E-state index < -0.39 is 40.8 Å². The van der Waals surface area contributed by atoms with Gasteiger partial charge in [-0.2, -0.15) is 0 Å². The highest BCUT2D eigenvalue weighted by Gasteiger charge is 2.58. The number of benzene rings is 2. The Morgan fingerprint density at radius 3 is 2.63 bits per heavy atom. The van der Waals surface area contributed by atoms with Crippen LogP contribution in [0, 0.1) is 30.9 Å². The Labute approximate surface area is 234 Å². The van der Waals surface area contributed by atoms with Gasteiger partial charge in [0, 0.05) is 51.7 Å². The molecule has 6 rings (SSSR count). The van der Waals surface area contributed by atoms with Crippen LogP contribution in [0.4, 0.5) is 14.5 Å². The number of H-pyrrole nitrogens is 1. The highest BCUT2D eigenvalue weighted by Crippen LogP contribution is 2.61. The van der Waals surface area contributed by atoms with Crippen LogP contribution in [0.1, 0.15) is 58.7 Å². The quantitative estimate of drug-likeness (QED) is 0.285. The number of carbonyl (C=O) groups is 2. The Morgan fingerprint density at radius 2 is 1.95 bits per heavy atom. The predicted octanol–water partition coefficient (Wildman–Crippen LogP) is 5.22. The maximum absolute atomic E-state index is 15.3. The summed E-state index contributed by atoms with van der Waals surface area (Å²) >= 11 is 0. The Kier molecular flexibility index (Phi) is 6.59. The average Bonchev–Trinajstić information content (AvgIpc) is 3.39. The molecule has 2 aliphatic rings. The molecule has 1 unspecified atom stereocenters. The lowest BCUT2D eigenvalue weighted by atomic mass is 9.75. The summed E-state index contributed by atoms with van der Waals surface area (Å²) in [7, 11) is 0. The molecule has 1 aliphatic carbocycles. The second kappa shape index (κ2) is 10.1. The van der Waals surface area contributed by atoms with Gasteiger partial charge >= 0.3 is 0 Å². The number of fused-ring (bicyclic) bond motifs is 1. The molecular weight excluding hydrogens is 532 g/mol. The van der Waals surface area contributed by atoms with E-state index in [4.69, 9.17) is 9.37 Å². The monoisotopic (exact) mass is 561 g/mol. The van der Waals surface area contributed by atoms with Gasteiger partial charge < -0.3 is 20.4 Å². The van der Waals surface area contributed by atoms with Crippen LogP contribution >= 0.6 is 0 Å². The van der Waals surface area contributed by atoms with Crippen molar-refractivity contribution < 1.29 is 27.7 Å². The van der Waals surface area contributed by atoms with Gasteiger partial charge in [0.05, 0.1) is 6.61 Å². The summed E-state index contributed by atoms with van der Waals surface area (Å²) in [6.07, 6.45) is 3.74. The first kappa shape index (κ1) is 26.7. The van der Waals surface area contributed by atoms with Gasteiger partial charge in [-0.15, -0.1) is 0 Å². The molecule has 2 aromatic carbocycles. The zero-order valence-electron chi connectivity index (χ0n) is 22.8. The number of ether oxygens (including phenoxy) is 1. The van der Waals surface area contributed by atoms with E-state index >= 15 is 4.39 Å². The zero-order valence-corrected chi connectivity index (χ0v) is 22.8. The molecule has 9 nitrogen and oxygen atoms in total. The molecule has 3 heterocycles. The Hall–Kier alpha value is -4.54. The first-order valence-electron chi connectivity index (χ1n) is 13.5. The van der Waals surface area contributed by atoms with Crippen LogP contribution in [0.5, 0.6) is 5.75 Å². The third-order valence-corrected chi connectivity index (χ3v) is 8.17. The molecular formula is C30H29F2N5O4. The number of amides is 2. The third kappa shape index (κ3) is 4.75. The van der Waals surface area contributed by atoms with Gasteiger partial charge in [-0.3, -0.25) is 9.59 Å². The second-order valence-corrected chi connectivity index (χ2v) is 10.8. The summed E-state index contributed by atoms with van der Waals surface area (Å²) in [4.78, 5) is 30.4. The molecule has 0 radical (unpaired) electrons. The molecule has 3 N–H and O–H groups in total. The minimum absolute atomic E-state index is 0.0193. The van der Waals surface area contributed by atoms with Crippen molar-refractivity contribution in [1.82, 2.24) is 20.6 Å². The fraction of sp³-hybridized carbons (Fsp3) is 0.333. The van der Waals surface area contributed by atoms with Crippen LogP contribution in [0.3, 0.4) is 0 Å². The van der Waals surface area contributed by atoms with Crippen molar-refractivity contribution in [3.63, 3.8) is 0 Å². The van der Waals surface area contributed by atoms with E-state index in [2.05, 4.69) is 25.9 Å². The summed E-state index contributed by atoms with van der Waals surface area (Å²) in [6, 6.07) is 7.56. The van der Waals surface area contributed by atoms with Crippen molar-refractivity contribution in [3.05, 3.63) is 82.4 Å². The molecule has 0 bridgehead atoms. The van der Waals surface area contributed by atoms with E-state index in [1.165, 1.54) is 18.2 Å². The molecule has 2 amide bonds. The third-order valence-electron chi connectivity index (χ3n) is 8.17. The molecule has 2 atom stereocenters. The standard InChI is InChI=1S/C30H29F2N5O4/c1-4-22-26(37-41-36-22)28(38)35-27(25-20-7-5-17(31)11-23(20)40-14-30(25)9-10-30)29(39)34-18-6-8-19(21(32)12-18)24-15(2)13-33-16(24)3/h5-8,11-13,25,27,33H,4,9-10,14H2,1-3H3,(H,34,39)(H,35,38)/t25?,27-/m0/s1. The van der Waals surface area contributed by atoms with Gasteiger partial charge in [0.25, 0.3) is 5.91 Å². The van der Waals surface area contributed by atoms with Crippen LogP contribution in [0.15, 0.2) is 47.2 Å². The molecule has 0 saturated heterocycles. The second-order valence-electron chi connectivity index (χ2n) is 10.8. The minimum Gasteiger partial charge on any atom is -0.493 e. The highest BCUT2D eigenvalue weighted by atomic mass is 19.1. The average molecular weight is 562 g/mol. The van der Waals surface area contributed by atoms with E-state index in [1.807, 2.05) is 20.0 Å². The SMILES string of the molecule is CCc1nonc1C(=O)N[C@H](C(=O)Nc1ccc(-c2c(C)c[nH]c2C)c(F)c1)C1c2ccc(F)cc2OCC12CC2. The van der Waals surface area contributed by atoms with Crippen molar-refractivity contribution in [2.45, 2.75) is 52.0 Å². The van der Waals surface area contributed by atoms with Gasteiger partial charge in [0.2, 0.25) is 5.91 Å². The van der Waals surface area contributed by atoms with Crippen molar-refractivity contribution in [1.29, 1.82) is 0 Å². The van der Waals surface area contributed by atoms with E-state index in [1.54, 1.807) is 25.1 Å². The molecule has 1 saturated carbocycles. The summed E-state index contributed by atoms with van der Waals surface area (Å²) in [5.41, 5.74) is 3.66. The Bertz CT molecular complexity index is 1640.